The van der Waals surface area contributed by atoms with Crippen molar-refractivity contribution in [2.45, 2.75) is 18.7 Å². The smallest absolute Gasteiger partial charge is 0.0422 e. The second-order valence-corrected chi connectivity index (χ2v) is 2.66. The lowest BCUT2D eigenvalue weighted by molar-refractivity contribution is 0.917. The van der Waals surface area contributed by atoms with Gasteiger partial charge in [0.2, 0.25) is 0 Å². The summed E-state index contributed by atoms with van der Waals surface area (Å²) in [6.45, 7) is 2.09. The third-order valence-corrected chi connectivity index (χ3v) is 2.66. The van der Waals surface area contributed by atoms with Crippen LogP contribution in [0.3, 0.4) is 0 Å². The van der Waals surface area contributed by atoms with Crippen molar-refractivity contribution in [1.82, 2.24) is 0 Å². The van der Waals surface area contributed by atoms with Gasteiger partial charge in [-0.25, -0.2) is 0 Å². The summed E-state index contributed by atoms with van der Waals surface area (Å²) in [6, 6.07) is 0. The van der Waals surface area contributed by atoms with Crippen LogP contribution in [0, 0.1) is 0 Å². The highest BCUT2D eigenvalue weighted by molar-refractivity contribution is 14.1. The van der Waals surface area contributed by atoms with Gasteiger partial charge in [-0.05, 0) is 6.42 Å². The zero-order valence-electron chi connectivity index (χ0n) is 3.75. The lowest BCUT2D eigenvalue weighted by atomic mass is 10.4. The molecule has 0 aliphatic rings. The SMILES string of the molecule is CCC(Cl)CI. The van der Waals surface area contributed by atoms with Crippen LogP contribution in [-0.2, 0) is 0 Å². The van der Waals surface area contributed by atoms with Crippen LogP contribution in [-0.4, -0.2) is 9.80 Å². The Bertz CT molecular complexity index is 26.7. The standard InChI is InChI=1S/C4H8ClI/c1-2-4(5)3-6/h4H,2-3H2,1H3. The van der Waals surface area contributed by atoms with Crippen molar-refractivity contribution in [3.63, 3.8) is 0 Å². The minimum Gasteiger partial charge on any atom is -0.122 e. The molecule has 0 aliphatic carbocycles. The maximum atomic E-state index is 5.64. The third kappa shape index (κ3) is 3.22. The second kappa shape index (κ2) is 4.19. The van der Waals surface area contributed by atoms with Crippen molar-refractivity contribution in [3.8, 4) is 0 Å². The van der Waals surface area contributed by atoms with Crippen molar-refractivity contribution in [1.29, 1.82) is 0 Å². The van der Waals surface area contributed by atoms with Crippen LogP contribution < -0.4 is 0 Å². The third-order valence-electron chi connectivity index (χ3n) is 0.610. The largest absolute Gasteiger partial charge is 0.122 e. The molecule has 0 aliphatic heterocycles. The van der Waals surface area contributed by atoms with Gasteiger partial charge in [-0.15, -0.1) is 11.6 Å². The molecule has 0 saturated carbocycles. The molecule has 0 bridgehead atoms. The van der Waals surface area contributed by atoms with E-state index < -0.39 is 0 Å². The monoisotopic (exact) mass is 218 g/mol. The molecule has 1 unspecified atom stereocenters. The van der Waals surface area contributed by atoms with E-state index in [1.165, 1.54) is 0 Å². The van der Waals surface area contributed by atoms with E-state index in [1.54, 1.807) is 0 Å². The summed E-state index contributed by atoms with van der Waals surface area (Å²) in [7, 11) is 0. The van der Waals surface area contributed by atoms with Crippen LogP contribution >= 0.6 is 34.2 Å². The molecule has 2 heteroatoms. The maximum absolute atomic E-state index is 5.64. The van der Waals surface area contributed by atoms with Crippen LogP contribution in [0.1, 0.15) is 13.3 Å². The van der Waals surface area contributed by atoms with Gasteiger partial charge in [-0.3, -0.25) is 0 Å². The first-order chi connectivity index (χ1) is 2.81. The van der Waals surface area contributed by atoms with Crippen LogP contribution in [0.25, 0.3) is 0 Å². The van der Waals surface area contributed by atoms with Crippen LogP contribution in [0.2, 0.25) is 0 Å². The number of halogens is 2. The average Bonchev–Trinajstić information content (AvgIpc) is 1.65. The molecule has 0 nitrogen and oxygen atoms in total. The molecule has 0 aromatic carbocycles. The predicted octanol–water partition coefficient (Wildman–Crippen LogP) is 2.44. The van der Waals surface area contributed by atoms with Crippen LogP contribution in [0.5, 0.6) is 0 Å². The zero-order chi connectivity index (χ0) is 4.99. The molecule has 0 heterocycles. The van der Waals surface area contributed by atoms with E-state index in [4.69, 9.17) is 11.6 Å². The fourth-order valence-corrected chi connectivity index (χ4v) is 0.732. The number of hydrogen-bond donors (Lipinski definition) is 0. The predicted molar refractivity (Wildman–Crippen MR) is 38.8 cm³/mol. The van der Waals surface area contributed by atoms with Gasteiger partial charge >= 0.3 is 0 Å². The molecule has 0 amide bonds. The Hall–Kier alpha value is 1.02. The first-order valence-corrected chi connectivity index (χ1v) is 3.97. The first kappa shape index (κ1) is 7.02. The molecule has 0 aromatic rings. The minimum atomic E-state index is 0.394. The lowest BCUT2D eigenvalue weighted by Crippen LogP contribution is -1.94. The van der Waals surface area contributed by atoms with Crippen molar-refractivity contribution < 1.29 is 0 Å². The fourth-order valence-electron chi connectivity index (χ4n) is 0.109. The molecule has 0 spiro atoms. The Labute approximate surface area is 57.4 Å². The number of hydrogen-bond acceptors (Lipinski definition) is 0. The number of rotatable bonds is 2. The van der Waals surface area contributed by atoms with E-state index in [-0.39, 0.29) is 0 Å². The second-order valence-electron chi connectivity index (χ2n) is 1.16. The van der Waals surface area contributed by atoms with E-state index in [1.807, 2.05) is 0 Å². The topological polar surface area (TPSA) is 0 Å². The van der Waals surface area contributed by atoms with E-state index >= 15 is 0 Å². The normalized spacial score (nSPS) is 14.5. The van der Waals surface area contributed by atoms with E-state index in [0.717, 1.165) is 10.8 Å². The molecule has 0 aromatic heterocycles. The Kier molecular flexibility index (Phi) is 4.90. The van der Waals surface area contributed by atoms with E-state index in [9.17, 15) is 0 Å². The molecule has 0 radical (unpaired) electrons. The quantitative estimate of drug-likeness (QED) is 0.493. The van der Waals surface area contributed by atoms with Crippen molar-refractivity contribution in [2.24, 2.45) is 0 Å². The van der Waals surface area contributed by atoms with Gasteiger partial charge in [0.25, 0.3) is 0 Å². The highest BCUT2D eigenvalue weighted by Crippen LogP contribution is 2.03. The van der Waals surface area contributed by atoms with Gasteiger partial charge in [0.1, 0.15) is 0 Å². The highest BCUT2D eigenvalue weighted by Gasteiger charge is 1.93. The first-order valence-electron chi connectivity index (χ1n) is 2.01. The van der Waals surface area contributed by atoms with Crippen molar-refractivity contribution in [2.75, 3.05) is 4.43 Å². The average molecular weight is 218 g/mol. The van der Waals surface area contributed by atoms with Crippen molar-refractivity contribution in [3.05, 3.63) is 0 Å². The minimum absolute atomic E-state index is 0.394. The van der Waals surface area contributed by atoms with Gasteiger partial charge in [0.05, 0.1) is 0 Å². The van der Waals surface area contributed by atoms with Crippen molar-refractivity contribution >= 4 is 34.2 Å². The molecular formula is C4H8ClI. The molecule has 1 atom stereocenters. The summed E-state index contributed by atoms with van der Waals surface area (Å²) in [5.41, 5.74) is 0. The summed E-state index contributed by atoms with van der Waals surface area (Å²) in [5, 5.41) is 0.394. The number of alkyl halides is 2. The molecule has 0 N–H and O–H groups in total. The summed E-state index contributed by atoms with van der Waals surface area (Å²) in [5.74, 6) is 0. The summed E-state index contributed by atoms with van der Waals surface area (Å²) in [4.78, 5) is 0. The molecule has 0 rings (SSSR count). The molecule has 38 valence electrons. The van der Waals surface area contributed by atoms with Crippen LogP contribution in [0.15, 0.2) is 0 Å². The molecular weight excluding hydrogens is 210 g/mol. The summed E-state index contributed by atoms with van der Waals surface area (Å²) < 4.78 is 1.07. The highest BCUT2D eigenvalue weighted by atomic mass is 127. The van der Waals surface area contributed by atoms with Gasteiger partial charge in [0.15, 0.2) is 0 Å². The zero-order valence-corrected chi connectivity index (χ0v) is 6.66. The fraction of sp³-hybridized carbons (Fsp3) is 1.00. The van der Waals surface area contributed by atoms with Gasteiger partial charge < -0.3 is 0 Å². The summed E-state index contributed by atoms with van der Waals surface area (Å²) >= 11 is 7.92. The van der Waals surface area contributed by atoms with E-state index in [0.29, 0.717) is 5.38 Å². The Morgan fingerprint density at radius 3 is 2.33 bits per heavy atom. The Morgan fingerprint density at radius 2 is 2.33 bits per heavy atom. The Balaban J connectivity index is 2.75. The maximum Gasteiger partial charge on any atom is 0.0422 e. The summed E-state index contributed by atoms with van der Waals surface area (Å²) in [6.07, 6.45) is 1.09. The van der Waals surface area contributed by atoms with Gasteiger partial charge in [-0.2, -0.15) is 0 Å². The Morgan fingerprint density at radius 1 is 1.83 bits per heavy atom. The van der Waals surface area contributed by atoms with E-state index in [2.05, 4.69) is 29.5 Å². The molecule has 0 saturated heterocycles. The van der Waals surface area contributed by atoms with Gasteiger partial charge in [-0.1, -0.05) is 29.5 Å². The molecule has 6 heavy (non-hydrogen) atoms. The molecule has 0 fully saturated rings. The lowest BCUT2D eigenvalue weighted by Gasteiger charge is -1.94. The van der Waals surface area contributed by atoms with Crippen LogP contribution in [0.4, 0.5) is 0 Å². The van der Waals surface area contributed by atoms with Gasteiger partial charge in [0, 0.05) is 9.80 Å².